The number of anilines is 1. The minimum Gasteiger partial charge on any atom is -0.364 e. The number of aryl methyl sites for hydroxylation is 1. The van der Waals surface area contributed by atoms with Gasteiger partial charge < -0.3 is 15.6 Å². The fraction of sp³-hybridized carbons (Fsp3) is 0.312. The van der Waals surface area contributed by atoms with E-state index in [2.05, 4.69) is 10.0 Å². The Labute approximate surface area is 139 Å². The van der Waals surface area contributed by atoms with Crippen molar-refractivity contribution in [2.24, 2.45) is 12.8 Å². The molecule has 1 amide bonds. The molecule has 2 aliphatic rings. The Morgan fingerprint density at radius 1 is 1.33 bits per heavy atom. The van der Waals surface area contributed by atoms with Gasteiger partial charge in [0.2, 0.25) is 0 Å². The third-order valence-electron chi connectivity index (χ3n) is 4.80. The molecule has 1 saturated heterocycles. The van der Waals surface area contributed by atoms with Crippen molar-refractivity contribution < 1.29 is 13.2 Å². The fourth-order valence-corrected chi connectivity index (χ4v) is 4.86. The van der Waals surface area contributed by atoms with Gasteiger partial charge in [0.1, 0.15) is 10.6 Å². The van der Waals surface area contributed by atoms with Crippen LogP contribution in [0.15, 0.2) is 35.4 Å². The predicted molar refractivity (Wildman–Crippen MR) is 89.0 cm³/mol. The van der Waals surface area contributed by atoms with Gasteiger partial charge in [0, 0.05) is 25.3 Å². The topological polar surface area (TPSA) is 106 Å². The highest BCUT2D eigenvalue weighted by atomic mass is 32.2. The quantitative estimate of drug-likeness (QED) is 0.778. The number of fused-ring (bicyclic) bond motifs is 5. The number of carbonyl (C=O) groups excluding carboxylic acids is 1. The van der Waals surface area contributed by atoms with Gasteiger partial charge >= 0.3 is 0 Å². The van der Waals surface area contributed by atoms with E-state index in [0.29, 0.717) is 11.7 Å². The third-order valence-corrected chi connectivity index (χ3v) is 6.13. The molecule has 0 spiro atoms. The molecule has 2 bridgehead atoms. The largest absolute Gasteiger partial charge is 0.364 e. The molecule has 1 aromatic carbocycles. The Hall–Kier alpha value is -2.32. The Balaban J connectivity index is 1.71. The molecular weight excluding hydrogens is 328 g/mol. The van der Waals surface area contributed by atoms with E-state index < -0.39 is 15.9 Å². The van der Waals surface area contributed by atoms with Crippen molar-refractivity contribution in [2.45, 2.75) is 29.8 Å². The van der Waals surface area contributed by atoms with Gasteiger partial charge in [-0.15, -0.1) is 0 Å². The van der Waals surface area contributed by atoms with Crippen LogP contribution in [0.5, 0.6) is 0 Å². The lowest BCUT2D eigenvalue weighted by Gasteiger charge is -2.18. The average molecular weight is 346 g/mol. The van der Waals surface area contributed by atoms with Crippen molar-refractivity contribution in [3.63, 3.8) is 0 Å². The van der Waals surface area contributed by atoms with Gasteiger partial charge in [-0.2, -0.15) is 0 Å². The zero-order valence-electron chi connectivity index (χ0n) is 13.1. The smallest absolute Gasteiger partial charge is 0.265 e. The number of amides is 1. The first-order chi connectivity index (χ1) is 11.4. The van der Waals surface area contributed by atoms with E-state index in [1.165, 1.54) is 16.8 Å². The van der Waals surface area contributed by atoms with Gasteiger partial charge in [0.25, 0.3) is 15.9 Å². The van der Waals surface area contributed by atoms with Gasteiger partial charge in [-0.3, -0.25) is 9.52 Å². The molecule has 126 valence electrons. The summed E-state index contributed by atoms with van der Waals surface area (Å²) in [5.41, 5.74) is 8.19. The number of hydrogen-bond donors (Lipinski definition) is 3. The van der Waals surface area contributed by atoms with Gasteiger partial charge in [0.15, 0.2) is 0 Å². The summed E-state index contributed by atoms with van der Waals surface area (Å²) in [4.78, 5) is 11.4. The zero-order valence-corrected chi connectivity index (χ0v) is 13.9. The van der Waals surface area contributed by atoms with Crippen molar-refractivity contribution in [3.8, 4) is 0 Å². The Morgan fingerprint density at radius 2 is 2.08 bits per heavy atom. The summed E-state index contributed by atoms with van der Waals surface area (Å²) in [5.74, 6) is -0.666. The number of hydrogen-bond acceptors (Lipinski definition) is 4. The molecule has 2 atom stereocenters. The molecule has 4 N–H and O–H groups in total. The first-order valence-electron chi connectivity index (χ1n) is 7.74. The zero-order chi connectivity index (χ0) is 17.1. The third kappa shape index (κ3) is 2.22. The van der Waals surface area contributed by atoms with Crippen LogP contribution >= 0.6 is 0 Å². The van der Waals surface area contributed by atoms with E-state index >= 15 is 0 Å². The second-order valence-corrected chi connectivity index (χ2v) is 7.98. The maximum atomic E-state index is 12.7. The van der Waals surface area contributed by atoms with E-state index in [0.717, 1.165) is 24.0 Å². The Morgan fingerprint density at radius 3 is 2.79 bits per heavy atom. The van der Waals surface area contributed by atoms with E-state index in [1.54, 1.807) is 13.1 Å². The molecule has 0 saturated carbocycles. The maximum Gasteiger partial charge on any atom is 0.265 e. The summed E-state index contributed by atoms with van der Waals surface area (Å²) in [6.45, 7) is 0. The lowest BCUT2D eigenvalue weighted by Crippen LogP contribution is -2.15. The normalized spacial score (nSPS) is 21.7. The monoisotopic (exact) mass is 346 g/mol. The molecule has 7 nitrogen and oxygen atoms in total. The number of nitrogens with zero attached hydrogens (tertiary/aromatic N) is 1. The number of nitrogens with two attached hydrogens (primary N) is 1. The molecule has 2 aromatic rings. The summed E-state index contributed by atoms with van der Waals surface area (Å²) in [6.07, 6.45) is 3.47. The first-order valence-corrected chi connectivity index (χ1v) is 9.23. The molecule has 2 aliphatic heterocycles. The predicted octanol–water partition coefficient (Wildman–Crippen LogP) is 1.40. The number of rotatable bonds is 4. The van der Waals surface area contributed by atoms with Crippen molar-refractivity contribution >= 4 is 21.6 Å². The minimum atomic E-state index is -3.79. The van der Waals surface area contributed by atoms with Crippen molar-refractivity contribution in [1.29, 1.82) is 0 Å². The summed E-state index contributed by atoms with van der Waals surface area (Å²) >= 11 is 0. The van der Waals surface area contributed by atoms with Gasteiger partial charge in [-0.25, -0.2) is 8.42 Å². The second kappa shape index (κ2) is 5.09. The number of primary amides is 1. The average Bonchev–Trinajstić information content (AvgIpc) is 3.21. The lowest BCUT2D eigenvalue weighted by atomic mass is 9.91. The summed E-state index contributed by atoms with van der Waals surface area (Å²) in [5, 5.41) is 3.49. The van der Waals surface area contributed by atoms with Gasteiger partial charge in [-0.1, -0.05) is 12.1 Å². The van der Waals surface area contributed by atoms with E-state index in [-0.39, 0.29) is 16.6 Å². The van der Waals surface area contributed by atoms with Crippen LogP contribution in [0.1, 0.15) is 46.5 Å². The summed E-state index contributed by atoms with van der Waals surface area (Å²) < 4.78 is 29.5. The van der Waals surface area contributed by atoms with Crippen molar-refractivity contribution in [1.82, 2.24) is 9.88 Å². The molecule has 24 heavy (non-hydrogen) atoms. The molecule has 0 radical (unpaired) electrons. The molecule has 2 unspecified atom stereocenters. The number of carbonyl (C=O) groups is 1. The molecule has 3 heterocycles. The molecule has 0 aliphatic carbocycles. The molecular formula is C16H18N4O3S. The first kappa shape index (κ1) is 15.2. The van der Waals surface area contributed by atoms with Crippen LogP contribution in [0.25, 0.3) is 0 Å². The van der Waals surface area contributed by atoms with E-state index in [1.807, 2.05) is 12.1 Å². The molecule has 1 aromatic heterocycles. The highest BCUT2D eigenvalue weighted by molar-refractivity contribution is 7.92. The Bertz CT molecular complexity index is 948. The number of benzene rings is 1. The second-order valence-electron chi connectivity index (χ2n) is 6.30. The highest BCUT2D eigenvalue weighted by Gasteiger charge is 2.38. The van der Waals surface area contributed by atoms with E-state index in [4.69, 9.17) is 5.73 Å². The summed E-state index contributed by atoms with van der Waals surface area (Å²) in [6, 6.07) is 7.47. The van der Waals surface area contributed by atoms with Crippen LogP contribution < -0.4 is 15.8 Å². The van der Waals surface area contributed by atoms with Crippen LogP contribution in [0.2, 0.25) is 0 Å². The van der Waals surface area contributed by atoms with Crippen LogP contribution in [-0.4, -0.2) is 18.9 Å². The summed E-state index contributed by atoms with van der Waals surface area (Å²) in [7, 11) is -2.21. The van der Waals surface area contributed by atoms with Gasteiger partial charge in [-0.05, 0) is 36.1 Å². The number of nitrogens with one attached hydrogen (secondary N) is 2. The van der Waals surface area contributed by atoms with Crippen molar-refractivity contribution in [3.05, 3.63) is 47.3 Å². The standard InChI is InChI=1S/C16H18N4O3S/c1-20-8-9(7-14(20)16(17)21)24(22,23)19-13-4-2-3-10-11-5-6-12(18-11)15(10)13/h2-4,7-8,11-12,18-19H,5-6H2,1H3,(H2,17,21). The molecule has 8 heteroatoms. The van der Waals surface area contributed by atoms with Crippen LogP contribution in [0.4, 0.5) is 5.69 Å². The van der Waals surface area contributed by atoms with Crippen LogP contribution in [0, 0.1) is 0 Å². The maximum absolute atomic E-state index is 12.7. The molecule has 1 fully saturated rings. The number of sulfonamides is 1. The van der Waals surface area contributed by atoms with Crippen molar-refractivity contribution in [2.75, 3.05) is 4.72 Å². The van der Waals surface area contributed by atoms with Crippen LogP contribution in [-0.2, 0) is 17.1 Å². The van der Waals surface area contributed by atoms with Crippen LogP contribution in [0.3, 0.4) is 0 Å². The van der Waals surface area contributed by atoms with Gasteiger partial charge in [0.05, 0.1) is 5.69 Å². The van der Waals surface area contributed by atoms with E-state index in [9.17, 15) is 13.2 Å². The lowest BCUT2D eigenvalue weighted by molar-refractivity contribution is 0.0992. The highest BCUT2D eigenvalue weighted by Crippen LogP contribution is 2.48. The SMILES string of the molecule is Cn1cc(S(=O)(=O)Nc2cccc3c2C2CCC3N2)cc1C(N)=O. The molecule has 4 rings (SSSR count). The number of aromatic nitrogens is 1. The minimum absolute atomic E-state index is 0.0209. The Kier molecular flexibility index (Phi) is 3.23. The fourth-order valence-electron chi connectivity index (χ4n) is 3.71.